The number of aryl methyl sites for hydroxylation is 1. The molecule has 1 aliphatic heterocycles. The van der Waals surface area contributed by atoms with E-state index < -0.39 is 0 Å². The van der Waals surface area contributed by atoms with Gasteiger partial charge in [-0.1, -0.05) is 6.58 Å². The molecule has 1 aromatic carbocycles. The Balaban J connectivity index is 1.73. The fourth-order valence-corrected chi connectivity index (χ4v) is 3.23. The summed E-state index contributed by atoms with van der Waals surface area (Å²) in [4.78, 5) is 13.3. The van der Waals surface area contributed by atoms with Crippen LogP contribution in [0.4, 0.5) is 5.69 Å². The van der Waals surface area contributed by atoms with Gasteiger partial charge in [-0.05, 0) is 31.5 Å². The molecule has 26 heavy (non-hydrogen) atoms. The number of hydrogen-bond donors (Lipinski definition) is 0. The number of fused-ring (bicyclic) bond motifs is 2. The average Bonchev–Trinajstić information content (AvgIpc) is 2.98. The molecule has 0 N–H and O–H groups in total. The number of nitrogens with zero attached hydrogens (tertiary/aromatic N) is 3. The molecule has 0 fully saturated rings. The van der Waals surface area contributed by atoms with E-state index in [0.29, 0.717) is 23.7 Å². The van der Waals surface area contributed by atoms with Crippen LogP contribution in [0.5, 0.6) is 17.2 Å². The molecular formula is C20H19N3O3. The Morgan fingerprint density at radius 3 is 3.00 bits per heavy atom. The van der Waals surface area contributed by atoms with Crippen molar-refractivity contribution in [2.75, 3.05) is 18.1 Å². The summed E-state index contributed by atoms with van der Waals surface area (Å²) in [6.45, 7) is 9.27. The number of hydrogen-bond acceptors (Lipinski definition) is 5. The van der Waals surface area contributed by atoms with Gasteiger partial charge >= 0.3 is 0 Å². The first-order chi connectivity index (χ1) is 12.6. The van der Waals surface area contributed by atoms with Crippen LogP contribution < -0.4 is 14.4 Å². The minimum atomic E-state index is 0.597. The third kappa shape index (κ3) is 2.60. The molecule has 6 heteroatoms. The standard InChI is InChI=1S/C20H19N3O3/c1-13(2)22-8-9-25-19-10-16(4-5-17(19)22)26-18-6-7-21-23-11-15(12-24)14(3)20(18)23/h4-7,10-12H,1,8-9H2,2-3H3. The lowest BCUT2D eigenvalue weighted by Crippen LogP contribution is -2.30. The Morgan fingerprint density at radius 1 is 1.38 bits per heavy atom. The second-order valence-electron chi connectivity index (χ2n) is 6.28. The van der Waals surface area contributed by atoms with E-state index in [2.05, 4.69) is 16.6 Å². The molecule has 0 bridgehead atoms. The summed E-state index contributed by atoms with van der Waals surface area (Å²) in [6, 6.07) is 7.54. The fourth-order valence-electron chi connectivity index (χ4n) is 3.23. The molecule has 2 aromatic heterocycles. The molecule has 132 valence electrons. The second kappa shape index (κ2) is 6.22. The molecule has 0 spiro atoms. The molecule has 0 aliphatic carbocycles. The Labute approximate surface area is 151 Å². The lowest BCUT2D eigenvalue weighted by molar-refractivity contribution is 0.112. The Bertz CT molecular complexity index is 1020. The maximum absolute atomic E-state index is 11.2. The van der Waals surface area contributed by atoms with E-state index in [0.717, 1.165) is 41.0 Å². The van der Waals surface area contributed by atoms with Crippen LogP contribution >= 0.6 is 0 Å². The second-order valence-corrected chi connectivity index (χ2v) is 6.28. The van der Waals surface area contributed by atoms with Crippen LogP contribution in [-0.2, 0) is 0 Å². The predicted molar refractivity (Wildman–Crippen MR) is 99.5 cm³/mol. The van der Waals surface area contributed by atoms with Gasteiger partial charge in [-0.15, -0.1) is 0 Å². The maximum Gasteiger partial charge on any atom is 0.154 e. The zero-order valence-corrected chi connectivity index (χ0v) is 14.7. The van der Waals surface area contributed by atoms with E-state index >= 15 is 0 Å². The van der Waals surface area contributed by atoms with Crippen LogP contribution in [-0.4, -0.2) is 29.1 Å². The van der Waals surface area contributed by atoms with Crippen molar-refractivity contribution in [3.05, 3.63) is 60.1 Å². The largest absolute Gasteiger partial charge is 0.489 e. The number of rotatable bonds is 4. The van der Waals surface area contributed by atoms with Crippen LogP contribution in [0.1, 0.15) is 22.8 Å². The van der Waals surface area contributed by atoms with E-state index in [1.165, 1.54) is 0 Å². The Hall–Kier alpha value is -3.28. The van der Waals surface area contributed by atoms with E-state index in [1.54, 1.807) is 23.0 Å². The summed E-state index contributed by atoms with van der Waals surface area (Å²) in [7, 11) is 0. The van der Waals surface area contributed by atoms with Crippen molar-refractivity contribution in [2.24, 2.45) is 0 Å². The van der Waals surface area contributed by atoms with Crippen molar-refractivity contribution >= 4 is 17.5 Å². The van der Waals surface area contributed by atoms with Crippen LogP contribution in [0.3, 0.4) is 0 Å². The molecule has 3 heterocycles. The summed E-state index contributed by atoms with van der Waals surface area (Å²) < 4.78 is 13.5. The van der Waals surface area contributed by atoms with Crippen LogP contribution in [0, 0.1) is 6.92 Å². The van der Waals surface area contributed by atoms with Gasteiger partial charge < -0.3 is 14.4 Å². The van der Waals surface area contributed by atoms with E-state index in [1.807, 2.05) is 32.0 Å². The first-order valence-corrected chi connectivity index (χ1v) is 8.38. The molecule has 6 nitrogen and oxygen atoms in total. The molecule has 4 rings (SSSR count). The van der Waals surface area contributed by atoms with Gasteiger partial charge in [-0.3, -0.25) is 4.79 Å². The smallest absolute Gasteiger partial charge is 0.154 e. The predicted octanol–water partition coefficient (Wildman–Crippen LogP) is 3.98. The fraction of sp³-hybridized carbons (Fsp3) is 0.200. The Morgan fingerprint density at radius 2 is 2.23 bits per heavy atom. The van der Waals surface area contributed by atoms with Gasteiger partial charge in [-0.25, -0.2) is 4.52 Å². The molecule has 0 saturated heterocycles. The van der Waals surface area contributed by atoms with Gasteiger partial charge in [0, 0.05) is 29.6 Å². The zero-order valence-electron chi connectivity index (χ0n) is 14.7. The number of aromatic nitrogens is 2. The van der Waals surface area contributed by atoms with Crippen molar-refractivity contribution < 1.29 is 14.3 Å². The lowest BCUT2D eigenvalue weighted by Gasteiger charge is -2.31. The molecule has 0 amide bonds. The van der Waals surface area contributed by atoms with Gasteiger partial charge in [-0.2, -0.15) is 5.10 Å². The van der Waals surface area contributed by atoms with Crippen LogP contribution in [0.25, 0.3) is 5.52 Å². The van der Waals surface area contributed by atoms with Gasteiger partial charge in [0.15, 0.2) is 12.0 Å². The van der Waals surface area contributed by atoms with Crippen molar-refractivity contribution in [3.63, 3.8) is 0 Å². The summed E-state index contributed by atoms with van der Waals surface area (Å²) in [5.41, 5.74) is 4.17. The van der Waals surface area contributed by atoms with Crippen molar-refractivity contribution in [3.8, 4) is 17.2 Å². The lowest BCUT2D eigenvalue weighted by atomic mass is 10.2. The van der Waals surface area contributed by atoms with Crippen molar-refractivity contribution in [1.29, 1.82) is 0 Å². The summed E-state index contributed by atoms with van der Waals surface area (Å²) >= 11 is 0. The highest BCUT2D eigenvalue weighted by Crippen LogP contribution is 2.38. The Kier molecular flexibility index (Phi) is 3.88. The summed E-state index contributed by atoms with van der Waals surface area (Å²) in [5.74, 6) is 2.06. The van der Waals surface area contributed by atoms with Gasteiger partial charge in [0.25, 0.3) is 0 Å². The number of ether oxygens (including phenoxy) is 2. The minimum Gasteiger partial charge on any atom is -0.489 e. The number of allylic oxidation sites excluding steroid dienone is 1. The summed E-state index contributed by atoms with van der Waals surface area (Å²) in [5, 5.41) is 4.25. The highest BCUT2D eigenvalue weighted by atomic mass is 16.5. The quantitative estimate of drug-likeness (QED) is 0.667. The minimum absolute atomic E-state index is 0.597. The number of anilines is 1. The number of aldehydes is 1. The van der Waals surface area contributed by atoms with Gasteiger partial charge in [0.05, 0.1) is 18.4 Å². The molecular weight excluding hydrogens is 330 g/mol. The topological polar surface area (TPSA) is 56.1 Å². The number of carbonyl (C=O) groups excluding carboxylic acids is 1. The van der Waals surface area contributed by atoms with Crippen LogP contribution in [0.15, 0.2) is 48.9 Å². The van der Waals surface area contributed by atoms with Gasteiger partial charge in [0.2, 0.25) is 0 Å². The number of benzene rings is 1. The number of carbonyl (C=O) groups is 1. The highest BCUT2D eigenvalue weighted by molar-refractivity contribution is 5.84. The monoisotopic (exact) mass is 349 g/mol. The molecule has 0 atom stereocenters. The van der Waals surface area contributed by atoms with Crippen molar-refractivity contribution in [2.45, 2.75) is 13.8 Å². The third-order valence-corrected chi connectivity index (χ3v) is 4.54. The molecule has 0 saturated carbocycles. The summed E-state index contributed by atoms with van der Waals surface area (Å²) in [6.07, 6.45) is 4.17. The van der Waals surface area contributed by atoms with Crippen LogP contribution in [0.2, 0.25) is 0 Å². The molecule has 0 unspecified atom stereocenters. The zero-order chi connectivity index (χ0) is 18.3. The SMILES string of the molecule is C=C(C)N1CCOc2cc(Oc3ccnn4cc(C=O)c(C)c34)ccc21. The normalized spacial score (nSPS) is 13.2. The highest BCUT2D eigenvalue weighted by Gasteiger charge is 2.20. The van der Waals surface area contributed by atoms with E-state index in [4.69, 9.17) is 9.47 Å². The molecule has 3 aromatic rings. The van der Waals surface area contributed by atoms with Gasteiger partial charge in [0.1, 0.15) is 23.6 Å². The maximum atomic E-state index is 11.2. The molecule has 0 radical (unpaired) electrons. The van der Waals surface area contributed by atoms with Crippen molar-refractivity contribution in [1.82, 2.24) is 9.61 Å². The van der Waals surface area contributed by atoms with E-state index in [9.17, 15) is 4.79 Å². The van der Waals surface area contributed by atoms with E-state index in [-0.39, 0.29) is 0 Å². The first kappa shape index (κ1) is 16.2. The third-order valence-electron chi connectivity index (χ3n) is 4.54. The first-order valence-electron chi connectivity index (χ1n) is 8.38. The molecule has 1 aliphatic rings. The average molecular weight is 349 g/mol.